The number of hydrogen-bond acceptors (Lipinski definition) is 7. The normalized spacial score (nSPS) is 26.5. The van der Waals surface area contributed by atoms with Crippen LogP contribution in [0.15, 0.2) is 11.5 Å². The summed E-state index contributed by atoms with van der Waals surface area (Å²) in [4.78, 5) is 11.6. The molecular weight excluding hydrogens is 288 g/mol. The van der Waals surface area contributed by atoms with Crippen LogP contribution in [0.3, 0.4) is 0 Å². The van der Waals surface area contributed by atoms with E-state index in [0.29, 0.717) is 29.9 Å². The van der Waals surface area contributed by atoms with Gasteiger partial charge >= 0.3 is 5.97 Å². The number of aromatic nitrogens is 2. The van der Waals surface area contributed by atoms with Gasteiger partial charge < -0.3 is 19.9 Å². The fourth-order valence-corrected chi connectivity index (χ4v) is 3.29. The van der Waals surface area contributed by atoms with E-state index in [2.05, 4.69) is 16.3 Å². The number of nitrogens with zero attached hydrogens (tertiary/aromatic N) is 2. The summed E-state index contributed by atoms with van der Waals surface area (Å²) in [5, 5.41) is 16.4. The number of hydrogen-bond donors (Lipinski definition) is 2. The van der Waals surface area contributed by atoms with E-state index >= 15 is 0 Å². The van der Waals surface area contributed by atoms with Crippen LogP contribution in [0.2, 0.25) is 0 Å². The van der Waals surface area contributed by atoms with Crippen molar-refractivity contribution in [3.63, 3.8) is 0 Å². The van der Waals surface area contributed by atoms with E-state index in [4.69, 9.17) is 19.9 Å². The second-order valence-electron chi connectivity index (χ2n) is 5.32. The molecule has 0 bridgehead atoms. The van der Waals surface area contributed by atoms with E-state index in [-0.39, 0.29) is 24.3 Å². The van der Waals surface area contributed by atoms with Crippen molar-refractivity contribution in [1.82, 2.24) is 10.2 Å². The molecule has 22 heavy (non-hydrogen) atoms. The highest BCUT2D eigenvalue weighted by Crippen LogP contribution is 2.51. The minimum atomic E-state index is -0.747. The zero-order chi connectivity index (χ0) is 15.9. The van der Waals surface area contributed by atoms with Crippen LogP contribution in [0.5, 0.6) is 5.88 Å². The maximum atomic E-state index is 11.6. The summed E-state index contributed by atoms with van der Waals surface area (Å²) < 4.78 is 15.8. The van der Waals surface area contributed by atoms with Crippen LogP contribution < -0.4 is 10.5 Å². The second kappa shape index (κ2) is 5.03. The Morgan fingerprint density at radius 2 is 2.45 bits per heavy atom. The molecule has 8 heteroatoms. The first kappa shape index (κ1) is 14.4. The minimum Gasteiger partial charge on any atom is -0.469 e. The molecule has 0 saturated carbocycles. The van der Waals surface area contributed by atoms with E-state index < -0.39 is 11.4 Å². The maximum Gasteiger partial charge on any atom is 0.311 e. The largest absolute Gasteiger partial charge is 0.469 e. The Hall–Kier alpha value is -2.53. The third kappa shape index (κ3) is 1.79. The highest BCUT2D eigenvalue weighted by Gasteiger charge is 2.54. The van der Waals surface area contributed by atoms with Crippen LogP contribution in [0.1, 0.15) is 24.6 Å². The van der Waals surface area contributed by atoms with Gasteiger partial charge in [0.15, 0.2) is 0 Å². The van der Waals surface area contributed by atoms with Crippen LogP contribution in [-0.4, -0.2) is 36.0 Å². The van der Waals surface area contributed by atoms with Crippen molar-refractivity contribution in [1.29, 1.82) is 5.26 Å². The third-order valence-corrected chi connectivity index (χ3v) is 4.37. The molecule has 0 aliphatic carbocycles. The van der Waals surface area contributed by atoms with Gasteiger partial charge in [0.1, 0.15) is 11.6 Å². The molecule has 0 amide bonds. The number of nitrogens with one attached hydrogen (secondary N) is 1. The first-order valence-electron chi connectivity index (χ1n) is 6.89. The lowest BCUT2D eigenvalue weighted by molar-refractivity contribution is -0.139. The molecule has 1 aromatic heterocycles. The molecular formula is C14H16N4O4. The lowest BCUT2D eigenvalue weighted by Crippen LogP contribution is -2.41. The Balaban J connectivity index is 2.18. The highest BCUT2D eigenvalue weighted by molar-refractivity contribution is 5.73. The predicted octanol–water partition coefficient (Wildman–Crippen LogP) is 0.258. The third-order valence-electron chi connectivity index (χ3n) is 4.37. The van der Waals surface area contributed by atoms with Crippen LogP contribution >= 0.6 is 0 Å². The first-order valence-corrected chi connectivity index (χ1v) is 6.89. The number of nitrogens with two attached hydrogens (primary N) is 1. The van der Waals surface area contributed by atoms with Crippen LogP contribution in [0, 0.1) is 11.3 Å². The molecule has 1 saturated heterocycles. The number of carbonyl (C=O) groups excluding carboxylic acids is 1. The van der Waals surface area contributed by atoms with E-state index in [1.54, 1.807) is 0 Å². The smallest absolute Gasteiger partial charge is 0.311 e. The number of methoxy groups -OCH3 is 1. The van der Waals surface area contributed by atoms with Gasteiger partial charge in [0.05, 0.1) is 36.3 Å². The zero-order valence-corrected chi connectivity index (χ0v) is 12.3. The summed E-state index contributed by atoms with van der Waals surface area (Å²) in [6.07, 6.45) is 0.300. The summed E-state index contributed by atoms with van der Waals surface area (Å²) in [5.41, 5.74) is 6.68. The first-order chi connectivity index (χ1) is 10.5. The number of nitriles is 1. The van der Waals surface area contributed by atoms with Gasteiger partial charge in [-0.3, -0.25) is 9.89 Å². The van der Waals surface area contributed by atoms with Gasteiger partial charge in [0, 0.05) is 6.61 Å². The van der Waals surface area contributed by atoms with Gasteiger partial charge in [0.2, 0.25) is 11.8 Å². The number of aromatic amines is 1. The fraction of sp³-hybridized carbons (Fsp3) is 0.500. The summed E-state index contributed by atoms with van der Waals surface area (Å²) in [6, 6.07) is 2.13. The summed E-state index contributed by atoms with van der Waals surface area (Å²) in [5.74, 6) is -0.0922. The van der Waals surface area contributed by atoms with Crippen molar-refractivity contribution in [2.24, 2.45) is 5.73 Å². The minimum absolute atomic E-state index is 0.00920. The molecule has 0 aromatic carbocycles. The van der Waals surface area contributed by atoms with E-state index in [1.165, 1.54) is 7.11 Å². The summed E-state index contributed by atoms with van der Waals surface area (Å²) >= 11 is 0. The van der Waals surface area contributed by atoms with Crippen molar-refractivity contribution in [2.45, 2.75) is 31.3 Å². The highest BCUT2D eigenvalue weighted by atomic mass is 16.5. The zero-order valence-electron chi connectivity index (χ0n) is 12.3. The number of rotatable bonds is 2. The van der Waals surface area contributed by atoms with Gasteiger partial charge in [-0.25, -0.2) is 0 Å². The molecule has 3 heterocycles. The van der Waals surface area contributed by atoms with Gasteiger partial charge in [-0.05, 0) is 13.3 Å². The Bertz CT molecular complexity index is 702. The molecule has 2 atom stereocenters. The molecule has 0 radical (unpaired) electrons. The number of carbonyl (C=O) groups is 1. The summed E-state index contributed by atoms with van der Waals surface area (Å²) in [6.45, 7) is 2.36. The molecule has 1 aromatic rings. The monoisotopic (exact) mass is 304 g/mol. The quantitative estimate of drug-likeness (QED) is 0.751. The molecule has 2 aliphatic heterocycles. The number of esters is 1. The Labute approximate surface area is 126 Å². The lowest BCUT2D eigenvalue weighted by Gasteiger charge is -2.35. The van der Waals surface area contributed by atoms with E-state index in [1.807, 2.05) is 6.92 Å². The molecule has 3 N–H and O–H groups in total. The standard InChI is InChI=1S/C14H16N4O4/c1-7-14(3-4-21-7)8(6-15)12(16)22-13-11(14)9(17-18-13)5-10(19)20-2/h7H,3-5,16H2,1-2H3,(H,17,18). The number of H-pyrrole nitrogens is 1. The van der Waals surface area contributed by atoms with Crippen molar-refractivity contribution in [3.8, 4) is 11.9 Å². The van der Waals surface area contributed by atoms with Gasteiger partial charge in [-0.2, -0.15) is 5.26 Å². The lowest BCUT2D eigenvalue weighted by atomic mass is 9.68. The molecule has 1 spiro atoms. The molecule has 2 aliphatic rings. The van der Waals surface area contributed by atoms with E-state index in [0.717, 1.165) is 0 Å². The van der Waals surface area contributed by atoms with Gasteiger partial charge in [-0.1, -0.05) is 0 Å². The van der Waals surface area contributed by atoms with Crippen molar-refractivity contribution in [3.05, 3.63) is 22.7 Å². The van der Waals surface area contributed by atoms with E-state index in [9.17, 15) is 10.1 Å². The average Bonchev–Trinajstić information content (AvgIpc) is 3.05. The Morgan fingerprint density at radius 3 is 3.05 bits per heavy atom. The van der Waals surface area contributed by atoms with Crippen LogP contribution in [0.4, 0.5) is 0 Å². The van der Waals surface area contributed by atoms with Crippen molar-refractivity contribution in [2.75, 3.05) is 13.7 Å². The molecule has 8 nitrogen and oxygen atoms in total. The molecule has 3 rings (SSSR count). The Morgan fingerprint density at radius 1 is 1.68 bits per heavy atom. The molecule has 2 unspecified atom stereocenters. The predicted molar refractivity (Wildman–Crippen MR) is 73.5 cm³/mol. The molecule has 1 fully saturated rings. The van der Waals surface area contributed by atoms with Crippen molar-refractivity contribution >= 4 is 5.97 Å². The second-order valence-corrected chi connectivity index (χ2v) is 5.32. The SMILES string of the molecule is COC(=O)Cc1[nH]nc2c1C1(CCOC1C)C(C#N)=C(N)O2. The van der Waals surface area contributed by atoms with Gasteiger partial charge in [-0.15, -0.1) is 5.10 Å². The average molecular weight is 304 g/mol. The van der Waals surface area contributed by atoms with Crippen LogP contribution in [-0.2, 0) is 26.1 Å². The number of fused-ring (bicyclic) bond motifs is 2. The van der Waals surface area contributed by atoms with Gasteiger partial charge in [0.25, 0.3) is 0 Å². The summed E-state index contributed by atoms with van der Waals surface area (Å²) in [7, 11) is 1.32. The molecule has 116 valence electrons. The fourth-order valence-electron chi connectivity index (χ4n) is 3.29. The number of ether oxygens (including phenoxy) is 3. The van der Waals surface area contributed by atoms with Crippen LogP contribution in [0.25, 0.3) is 0 Å². The van der Waals surface area contributed by atoms with Crippen molar-refractivity contribution < 1.29 is 19.0 Å². The topological polar surface area (TPSA) is 123 Å². The maximum absolute atomic E-state index is 11.6. The Kier molecular flexibility index (Phi) is 3.30.